The zero-order chi connectivity index (χ0) is 26.3. The summed E-state index contributed by atoms with van der Waals surface area (Å²) < 4.78 is 1.78. The molecule has 0 atom stereocenters. The van der Waals surface area contributed by atoms with E-state index in [-0.39, 0.29) is 23.9 Å². The first-order valence-corrected chi connectivity index (χ1v) is 12.7. The number of benzene rings is 2. The molecule has 3 rings (SSSR count). The van der Waals surface area contributed by atoms with E-state index in [1.165, 1.54) is 0 Å². The lowest BCUT2D eigenvalue weighted by atomic mass is 9.92. The predicted molar refractivity (Wildman–Crippen MR) is 147 cm³/mol. The molecule has 7 heteroatoms. The Bertz CT molecular complexity index is 1180. The van der Waals surface area contributed by atoms with Crippen LogP contribution in [0.3, 0.4) is 0 Å². The number of hydrogen-bond donors (Lipinski definition) is 2. The van der Waals surface area contributed by atoms with Gasteiger partial charge < -0.3 is 15.5 Å². The van der Waals surface area contributed by atoms with Crippen LogP contribution in [0.25, 0.3) is 5.69 Å². The van der Waals surface area contributed by atoms with Gasteiger partial charge in [0.1, 0.15) is 12.4 Å². The third kappa shape index (κ3) is 7.20. The maximum absolute atomic E-state index is 13.2. The Balaban J connectivity index is 1.81. The summed E-state index contributed by atoms with van der Waals surface area (Å²) in [7, 11) is 0. The molecular formula is C29H39N5O2. The fourth-order valence-corrected chi connectivity index (χ4v) is 3.82. The van der Waals surface area contributed by atoms with Crippen molar-refractivity contribution in [2.75, 3.05) is 23.7 Å². The number of rotatable bonds is 9. The number of amides is 3. The van der Waals surface area contributed by atoms with Gasteiger partial charge in [0.15, 0.2) is 0 Å². The number of anilines is 2. The molecule has 0 aliphatic rings. The number of carbonyl (C=O) groups is 2. The summed E-state index contributed by atoms with van der Waals surface area (Å²) in [5.41, 5.74) is 4.47. The minimum absolute atomic E-state index is 0.0504. The van der Waals surface area contributed by atoms with Crippen molar-refractivity contribution in [2.45, 2.75) is 66.2 Å². The van der Waals surface area contributed by atoms with E-state index in [0.717, 1.165) is 41.8 Å². The molecule has 0 radical (unpaired) electrons. The van der Waals surface area contributed by atoms with Crippen molar-refractivity contribution in [1.29, 1.82) is 0 Å². The fraction of sp³-hybridized carbons (Fsp3) is 0.414. The molecule has 0 saturated heterocycles. The second kappa shape index (κ2) is 11.9. The highest BCUT2D eigenvalue weighted by atomic mass is 16.2. The highest BCUT2D eigenvalue weighted by Gasteiger charge is 2.23. The van der Waals surface area contributed by atoms with Crippen LogP contribution in [0.1, 0.15) is 63.8 Å². The minimum Gasteiger partial charge on any atom is -0.315 e. The van der Waals surface area contributed by atoms with Crippen LogP contribution in [-0.4, -0.2) is 39.7 Å². The number of aryl methyl sites for hydroxylation is 2. The molecule has 36 heavy (non-hydrogen) atoms. The lowest BCUT2D eigenvalue weighted by molar-refractivity contribution is -0.116. The van der Waals surface area contributed by atoms with Gasteiger partial charge in [-0.3, -0.25) is 4.79 Å². The molecule has 0 aliphatic carbocycles. The summed E-state index contributed by atoms with van der Waals surface area (Å²) in [4.78, 5) is 27.8. The minimum atomic E-state index is -0.284. The second-order valence-corrected chi connectivity index (χ2v) is 10.3. The number of nitrogens with zero attached hydrogens (tertiary/aromatic N) is 3. The van der Waals surface area contributed by atoms with Crippen molar-refractivity contribution in [3.63, 3.8) is 0 Å². The maximum atomic E-state index is 13.2. The number of nitrogens with one attached hydrogen (secondary N) is 2. The summed E-state index contributed by atoms with van der Waals surface area (Å²) in [5.74, 6) is 0.326. The van der Waals surface area contributed by atoms with Gasteiger partial charge in [-0.05, 0) is 44.0 Å². The monoisotopic (exact) mass is 489 g/mol. The lowest BCUT2D eigenvalue weighted by Gasteiger charge is -2.23. The van der Waals surface area contributed by atoms with Crippen molar-refractivity contribution in [3.05, 3.63) is 71.4 Å². The Hall–Kier alpha value is -3.61. The second-order valence-electron chi connectivity index (χ2n) is 10.3. The zero-order valence-electron chi connectivity index (χ0n) is 22.4. The van der Waals surface area contributed by atoms with Gasteiger partial charge in [-0.2, -0.15) is 5.10 Å². The largest absolute Gasteiger partial charge is 0.322 e. The van der Waals surface area contributed by atoms with Crippen LogP contribution in [-0.2, 0) is 10.2 Å². The van der Waals surface area contributed by atoms with Gasteiger partial charge in [0, 0.05) is 23.7 Å². The van der Waals surface area contributed by atoms with E-state index in [9.17, 15) is 9.59 Å². The van der Waals surface area contributed by atoms with Crippen LogP contribution in [0.15, 0.2) is 54.6 Å². The fourth-order valence-electron chi connectivity index (χ4n) is 3.82. The third-order valence-electron chi connectivity index (χ3n) is 6.05. The van der Waals surface area contributed by atoms with Crippen LogP contribution in [0, 0.1) is 13.8 Å². The first kappa shape index (κ1) is 27.0. The van der Waals surface area contributed by atoms with Gasteiger partial charge in [-0.1, -0.05) is 76.4 Å². The number of hydrogen-bond acceptors (Lipinski definition) is 3. The molecule has 0 saturated carbocycles. The Morgan fingerprint density at radius 1 is 0.972 bits per heavy atom. The van der Waals surface area contributed by atoms with Crippen LogP contribution in [0.2, 0.25) is 0 Å². The molecule has 2 N–H and O–H groups in total. The van der Waals surface area contributed by atoms with Crippen LogP contribution in [0.5, 0.6) is 0 Å². The van der Waals surface area contributed by atoms with Crippen LogP contribution >= 0.6 is 0 Å². The Morgan fingerprint density at radius 2 is 1.67 bits per heavy atom. The first-order valence-electron chi connectivity index (χ1n) is 12.7. The summed E-state index contributed by atoms with van der Waals surface area (Å²) >= 11 is 0. The van der Waals surface area contributed by atoms with Crippen molar-refractivity contribution in [2.24, 2.45) is 0 Å². The van der Waals surface area contributed by atoms with Gasteiger partial charge in [0.2, 0.25) is 5.91 Å². The first-order chi connectivity index (χ1) is 17.1. The summed E-state index contributed by atoms with van der Waals surface area (Å²) in [6, 6.07) is 17.2. The SMILES string of the molecule is CCCCCN(CC(=O)Nc1cc(C(C)(C)C)nn1-c1ccccc1C)C(=O)Nc1ccc(C)cc1. The van der Waals surface area contributed by atoms with Crippen LogP contribution in [0.4, 0.5) is 16.3 Å². The molecule has 0 aliphatic heterocycles. The Kier molecular flexibility index (Phi) is 8.91. The zero-order valence-corrected chi connectivity index (χ0v) is 22.4. The van der Waals surface area contributed by atoms with Crippen molar-refractivity contribution in [1.82, 2.24) is 14.7 Å². The number of para-hydroxylation sites is 1. The van der Waals surface area contributed by atoms with Gasteiger partial charge in [-0.15, -0.1) is 0 Å². The molecule has 0 spiro atoms. The lowest BCUT2D eigenvalue weighted by Crippen LogP contribution is -2.41. The van der Waals surface area contributed by atoms with Crippen molar-refractivity contribution >= 4 is 23.4 Å². The normalized spacial score (nSPS) is 11.3. The Morgan fingerprint density at radius 3 is 2.31 bits per heavy atom. The average Bonchev–Trinajstić information content (AvgIpc) is 3.24. The molecule has 1 heterocycles. The molecule has 7 nitrogen and oxygen atoms in total. The molecule has 3 aromatic rings. The van der Waals surface area contributed by atoms with Gasteiger partial charge >= 0.3 is 6.03 Å². The summed E-state index contributed by atoms with van der Waals surface area (Å²) in [6.07, 6.45) is 2.86. The predicted octanol–water partition coefficient (Wildman–Crippen LogP) is 6.45. The van der Waals surface area contributed by atoms with E-state index < -0.39 is 0 Å². The number of carbonyl (C=O) groups excluding carboxylic acids is 2. The quantitative estimate of drug-likeness (QED) is 0.339. The van der Waals surface area contributed by atoms with Crippen LogP contribution < -0.4 is 10.6 Å². The molecule has 0 fully saturated rings. The van der Waals surface area contributed by atoms with E-state index in [2.05, 4.69) is 38.3 Å². The molecule has 3 amide bonds. The van der Waals surface area contributed by atoms with Gasteiger partial charge in [0.05, 0.1) is 11.4 Å². The van der Waals surface area contributed by atoms with E-state index in [4.69, 9.17) is 5.10 Å². The highest BCUT2D eigenvalue weighted by Crippen LogP contribution is 2.27. The number of urea groups is 1. The molecule has 2 aromatic carbocycles. The standard InChI is InChI=1S/C29H39N5O2/c1-7-8-11-18-33(28(36)30-23-16-14-21(2)15-17-23)20-27(35)31-26-19-25(29(4,5)6)32-34(26)24-13-10-9-12-22(24)3/h9-10,12-17,19H,7-8,11,18,20H2,1-6H3,(H,30,36)(H,31,35). The summed E-state index contributed by atoms with van der Waals surface area (Å²) in [6.45, 7) is 12.9. The van der Waals surface area contributed by atoms with Gasteiger partial charge in [0.25, 0.3) is 0 Å². The molecular weight excluding hydrogens is 450 g/mol. The van der Waals surface area contributed by atoms with E-state index in [1.807, 2.05) is 68.4 Å². The maximum Gasteiger partial charge on any atom is 0.322 e. The van der Waals surface area contributed by atoms with Crippen molar-refractivity contribution in [3.8, 4) is 5.69 Å². The highest BCUT2D eigenvalue weighted by molar-refractivity contribution is 5.96. The smallest absolute Gasteiger partial charge is 0.315 e. The van der Waals surface area contributed by atoms with E-state index in [0.29, 0.717) is 18.1 Å². The topological polar surface area (TPSA) is 79.3 Å². The van der Waals surface area contributed by atoms with E-state index >= 15 is 0 Å². The molecule has 192 valence electrons. The summed E-state index contributed by atoms with van der Waals surface area (Å²) in [5, 5.41) is 10.8. The average molecular weight is 490 g/mol. The Labute approximate surface area is 214 Å². The van der Waals surface area contributed by atoms with Gasteiger partial charge in [-0.25, -0.2) is 9.48 Å². The van der Waals surface area contributed by atoms with Crippen molar-refractivity contribution < 1.29 is 9.59 Å². The molecule has 0 unspecified atom stereocenters. The molecule has 0 bridgehead atoms. The molecule has 1 aromatic heterocycles. The number of unbranched alkanes of at least 4 members (excludes halogenated alkanes) is 2. The van der Waals surface area contributed by atoms with E-state index in [1.54, 1.807) is 9.58 Å². The number of aromatic nitrogens is 2. The third-order valence-corrected chi connectivity index (χ3v) is 6.05.